The Balaban J connectivity index is 2.16. The van der Waals surface area contributed by atoms with E-state index in [0.29, 0.717) is 11.0 Å². The van der Waals surface area contributed by atoms with Gasteiger partial charge < -0.3 is 10.6 Å². The second kappa shape index (κ2) is 5.55. The molecule has 2 saturated carbocycles. The van der Waals surface area contributed by atoms with E-state index in [1.54, 1.807) is 0 Å². The molecule has 0 bridgehead atoms. The van der Waals surface area contributed by atoms with Gasteiger partial charge in [-0.3, -0.25) is 4.79 Å². The lowest BCUT2D eigenvalue weighted by molar-refractivity contribution is -0.141. The van der Waals surface area contributed by atoms with Gasteiger partial charge in [0.05, 0.1) is 10.4 Å². The number of hydrogen-bond donors (Lipinski definition) is 1. The third kappa shape index (κ3) is 2.40. The summed E-state index contributed by atoms with van der Waals surface area (Å²) in [4.78, 5) is 15.1. The molecular weight excluding hydrogens is 244 g/mol. The van der Waals surface area contributed by atoms with Crippen LogP contribution in [-0.2, 0) is 4.79 Å². The minimum atomic E-state index is -0.545. The highest BCUT2D eigenvalue weighted by atomic mass is 32.1. The number of nitrogens with two attached hydrogens (primary N) is 1. The largest absolute Gasteiger partial charge is 0.392 e. The van der Waals surface area contributed by atoms with Gasteiger partial charge in [-0.1, -0.05) is 37.9 Å². The SMILES string of the molecule is CN(C(=O)C1(C(N)=S)CCCCCC1)C1CCC1. The van der Waals surface area contributed by atoms with Crippen LogP contribution in [0.5, 0.6) is 0 Å². The summed E-state index contributed by atoms with van der Waals surface area (Å²) in [5, 5.41) is 0. The molecule has 102 valence electrons. The average molecular weight is 268 g/mol. The van der Waals surface area contributed by atoms with E-state index in [-0.39, 0.29) is 5.91 Å². The lowest BCUT2D eigenvalue weighted by Crippen LogP contribution is -2.53. The van der Waals surface area contributed by atoms with Crippen molar-refractivity contribution in [1.29, 1.82) is 0 Å². The van der Waals surface area contributed by atoms with Crippen molar-refractivity contribution in [1.82, 2.24) is 4.90 Å². The summed E-state index contributed by atoms with van der Waals surface area (Å²) >= 11 is 5.25. The fraction of sp³-hybridized carbons (Fsp3) is 0.857. The van der Waals surface area contributed by atoms with Gasteiger partial charge in [0.1, 0.15) is 0 Å². The van der Waals surface area contributed by atoms with Gasteiger partial charge in [-0.15, -0.1) is 0 Å². The number of rotatable bonds is 3. The number of hydrogen-bond acceptors (Lipinski definition) is 2. The van der Waals surface area contributed by atoms with Gasteiger partial charge in [0, 0.05) is 13.1 Å². The van der Waals surface area contributed by atoms with Crippen LogP contribution in [0.1, 0.15) is 57.8 Å². The number of carbonyl (C=O) groups is 1. The molecule has 2 rings (SSSR count). The van der Waals surface area contributed by atoms with Crippen molar-refractivity contribution in [2.45, 2.75) is 63.8 Å². The van der Waals surface area contributed by atoms with Crippen molar-refractivity contribution in [2.75, 3.05) is 7.05 Å². The van der Waals surface area contributed by atoms with Crippen molar-refractivity contribution < 1.29 is 4.79 Å². The van der Waals surface area contributed by atoms with Gasteiger partial charge >= 0.3 is 0 Å². The summed E-state index contributed by atoms with van der Waals surface area (Å²) in [6.45, 7) is 0. The summed E-state index contributed by atoms with van der Waals surface area (Å²) in [5.41, 5.74) is 5.41. The van der Waals surface area contributed by atoms with Crippen molar-refractivity contribution in [3.05, 3.63) is 0 Å². The Bertz CT molecular complexity index is 331. The molecule has 0 aromatic heterocycles. The van der Waals surface area contributed by atoms with Crippen molar-refractivity contribution in [2.24, 2.45) is 11.1 Å². The lowest BCUT2D eigenvalue weighted by atomic mass is 9.77. The molecule has 0 radical (unpaired) electrons. The monoisotopic (exact) mass is 268 g/mol. The number of nitrogens with zero attached hydrogens (tertiary/aromatic N) is 1. The molecular formula is C14H24N2OS. The van der Waals surface area contributed by atoms with E-state index >= 15 is 0 Å². The molecule has 1 amide bonds. The third-order valence-electron chi connectivity index (χ3n) is 4.78. The van der Waals surface area contributed by atoms with E-state index in [2.05, 4.69) is 0 Å². The van der Waals surface area contributed by atoms with Crippen molar-refractivity contribution >= 4 is 23.1 Å². The lowest BCUT2D eigenvalue weighted by Gasteiger charge is -2.41. The van der Waals surface area contributed by atoms with Gasteiger partial charge in [-0.2, -0.15) is 0 Å². The Labute approximate surface area is 115 Å². The van der Waals surface area contributed by atoms with Crippen LogP contribution in [0.3, 0.4) is 0 Å². The van der Waals surface area contributed by atoms with E-state index in [4.69, 9.17) is 18.0 Å². The molecule has 0 unspecified atom stereocenters. The molecule has 0 aliphatic heterocycles. The maximum atomic E-state index is 12.8. The molecule has 2 aliphatic rings. The smallest absolute Gasteiger partial charge is 0.235 e. The molecule has 3 nitrogen and oxygen atoms in total. The Morgan fingerprint density at radius 1 is 1.17 bits per heavy atom. The molecule has 18 heavy (non-hydrogen) atoms. The van der Waals surface area contributed by atoms with Crippen LogP contribution in [-0.4, -0.2) is 28.9 Å². The predicted octanol–water partition coefficient (Wildman–Crippen LogP) is 2.62. The van der Waals surface area contributed by atoms with Gasteiger partial charge in [-0.25, -0.2) is 0 Å². The fourth-order valence-corrected chi connectivity index (χ4v) is 3.47. The highest BCUT2D eigenvalue weighted by Crippen LogP contribution is 2.39. The van der Waals surface area contributed by atoms with Crippen LogP contribution < -0.4 is 5.73 Å². The summed E-state index contributed by atoms with van der Waals surface area (Å²) < 4.78 is 0. The maximum absolute atomic E-state index is 12.8. The van der Waals surface area contributed by atoms with E-state index in [9.17, 15) is 4.79 Å². The van der Waals surface area contributed by atoms with E-state index in [1.165, 1.54) is 19.3 Å². The summed E-state index contributed by atoms with van der Waals surface area (Å²) in [7, 11) is 1.93. The summed E-state index contributed by atoms with van der Waals surface area (Å²) in [5.74, 6) is 0.182. The number of carbonyl (C=O) groups excluding carboxylic acids is 1. The molecule has 0 spiro atoms. The minimum absolute atomic E-state index is 0.182. The first kappa shape index (κ1) is 13.8. The van der Waals surface area contributed by atoms with Crippen LogP contribution >= 0.6 is 12.2 Å². The Morgan fingerprint density at radius 2 is 1.72 bits per heavy atom. The maximum Gasteiger partial charge on any atom is 0.235 e. The van der Waals surface area contributed by atoms with Gasteiger partial charge in [-0.05, 0) is 32.1 Å². The first-order chi connectivity index (χ1) is 8.58. The molecule has 0 heterocycles. The molecule has 2 fully saturated rings. The highest BCUT2D eigenvalue weighted by molar-refractivity contribution is 7.80. The first-order valence-corrected chi connectivity index (χ1v) is 7.56. The highest BCUT2D eigenvalue weighted by Gasteiger charge is 2.44. The normalized spacial score (nSPS) is 23.8. The van der Waals surface area contributed by atoms with Crippen LogP contribution in [0.4, 0.5) is 0 Å². The Kier molecular flexibility index (Phi) is 4.25. The van der Waals surface area contributed by atoms with Gasteiger partial charge in [0.15, 0.2) is 0 Å². The zero-order valence-electron chi connectivity index (χ0n) is 11.3. The first-order valence-electron chi connectivity index (χ1n) is 7.15. The van der Waals surface area contributed by atoms with Crippen molar-refractivity contribution in [3.8, 4) is 0 Å². The summed E-state index contributed by atoms with van der Waals surface area (Å²) in [6, 6.07) is 0.423. The third-order valence-corrected chi connectivity index (χ3v) is 5.17. The fourth-order valence-electron chi connectivity index (χ4n) is 3.18. The zero-order valence-corrected chi connectivity index (χ0v) is 12.1. The predicted molar refractivity (Wildman–Crippen MR) is 77.3 cm³/mol. The standard InChI is InChI=1S/C14H24N2OS/c1-16(11-7-6-8-11)13(17)14(12(15)18)9-4-2-3-5-10-14/h11H,2-10H2,1H3,(H2,15,18). The van der Waals surface area contributed by atoms with Crippen LogP contribution in [0.25, 0.3) is 0 Å². The van der Waals surface area contributed by atoms with Crippen LogP contribution in [0.2, 0.25) is 0 Å². The topological polar surface area (TPSA) is 46.3 Å². The molecule has 0 saturated heterocycles. The molecule has 0 aromatic rings. The van der Waals surface area contributed by atoms with Crippen LogP contribution in [0, 0.1) is 5.41 Å². The minimum Gasteiger partial charge on any atom is -0.392 e. The molecule has 4 heteroatoms. The van der Waals surface area contributed by atoms with Crippen LogP contribution in [0.15, 0.2) is 0 Å². The van der Waals surface area contributed by atoms with E-state index in [1.807, 2.05) is 11.9 Å². The summed E-state index contributed by atoms with van der Waals surface area (Å²) in [6.07, 6.45) is 9.74. The van der Waals surface area contributed by atoms with Gasteiger partial charge in [0.25, 0.3) is 0 Å². The second-order valence-corrected chi connectivity index (χ2v) is 6.30. The molecule has 0 aromatic carbocycles. The number of amides is 1. The Morgan fingerprint density at radius 3 is 2.11 bits per heavy atom. The molecule has 2 aliphatic carbocycles. The van der Waals surface area contributed by atoms with E-state index < -0.39 is 5.41 Å². The average Bonchev–Trinajstić information content (AvgIpc) is 2.51. The van der Waals surface area contributed by atoms with E-state index in [0.717, 1.165) is 38.5 Å². The molecule has 2 N–H and O–H groups in total. The zero-order chi connectivity index (χ0) is 13.2. The van der Waals surface area contributed by atoms with Gasteiger partial charge in [0.2, 0.25) is 5.91 Å². The Hall–Kier alpha value is -0.640. The second-order valence-electron chi connectivity index (χ2n) is 5.86. The quantitative estimate of drug-likeness (QED) is 0.632. The number of thiocarbonyl (C=S) groups is 1. The molecule has 0 atom stereocenters. The van der Waals surface area contributed by atoms with Crippen molar-refractivity contribution in [3.63, 3.8) is 0 Å².